The van der Waals surface area contributed by atoms with Crippen LogP contribution in [0.1, 0.15) is 54.9 Å². The van der Waals surface area contributed by atoms with E-state index in [1.807, 2.05) is 7.05 Å². The number of aromatic carboxylic acids is 1. The lowest BCUT2D eigenvalue weighted by Crippen LogP contribution is -2.34. The van der Waals surface area contributed by atoms with Crippen molar-refractivity contribution in [2.24, 2.45) is 11.8 Å². The highest BCUT2D eigenvalue weighted by molar-refractivity contribution is 5.87. The molecule has 1 aromatic rings. The monoisotopic (exact) mass is 303 g/mol. The van der Waals surface area contributed by atoms with Crippen LogP contribution < -0.4 is 0 Å². The molecule has 0 bridgehead atoms. The van der Waals surface area contributed by atoms with E-state index in [1.54, 1.807) is 29.2 Å². The number of carboxylic acids is 1. The van der Waals surface area contributed by atoms with Crippen LogP contribution in [0, 0.1) is 11.8 Å². The normalized spacial score (nSPS) is 21.4. The Morgan fingerprint density at radius 2 is 1.73 bits per heavy atom. The fourth-order valence-corrected chi connectivity index (χ4v) is 3.23. The zero-order chi connectivity index (χ0) is 16.1. The van der Waals surface area contributed by atoms with Crippen LogP contribution >= 0.6 is 0 Å². The molecule has 1 aromatic carbocycles. The molecule has 1 aliphatic carbocycles. The predicted molar refractivity (Wildman–Crippen MR) is 85.6 cm³/mol. The largest absolute Gasteiger partial charge is 0.478 e. The first-order valence-corrected chi connectivity index (χ1v) is 8.08. The van der Waals surface area contributed by atoms with Gasteiger partial charge in [-0.25, -0.2) is 4.79 Å². The highest BCUT2D eigenvalue weighted by atomic mass is 16.4. The molecule has 0 aromatic heterocycles. The number of nitrogens with zero attached hydrogens (tertiary/aromatic N) is 1. The van der Waals surface area contributed by atoms with Crippen LogP contribution in [0.5, 0.6) is 0 Å². The Morgan fingerprint density at radius 1 is 1.14 bits per heavy atom. The lowest BCUT2D eigenvalue weighted by atomic mass is 9.80. The summed E-state index contributed by atoms with van der Waals surface area (Å²) in [6, 6.07) is 6.73. The van der Waals surface area contributed by atoms with Crippen LogP contribution in [-0.4, -0.2) is 28.9 Å². The van der Waals surface area contributed by atoms with Crippen LogP contribution in [0.2, 0.25) is 0 Å². The Bertz CT molecular complexity index is 516. The van der Waals surface area contributed by atoms with Crippen molar-refractivity contribution >= 4 is 11.9 Å². The molecule has 1 aliphatic rings. The van der Waals surface area contributed by atoms with Crippen molar-refractivity contribution in [1.29, 1.82) is 0 Å². The van der Waals surface area contributed by atoms with Gasteiger partial charge in [0.2, 0.25) is 5.91 Å². The highest BCUT2D eigenvalue weighted by Gasteiger charge is 2.27. The van der Waals surface area contributed by atoms with Crippen molar-refractivity contribution in [2.75, 3.05) is 7.05 Å². The standard InChI is InChI=1S/C18H25NO3/c1-3-13-4-8-15(9-5-13)17(20)19(2)12-14-6-10-16(11-7-14)18(21)22/h6-7,10-11,13,15H,3-5,8-9,12H2,1-2H3,(H,21,22). The van der Waals surface area contributed by atoms with Gasteiger partial charge >= 0.3 is 5.97 Å². The molecule has 0 radical (unpaired) electrons. The number of benzene rings is 1. The minimum atomic E-state index is -0.927. The summed E-state index contributed by atoms with van der Waals surface area (Å²) in [4.78, 5) is 25.1. The third kappa shape index (κ3) is 4.09. The van der Waals surface area contributed by atoms with Gasteiger partial charge in [0.1, 0.15) is 0 Å². The van der Waals surface area contributed by atoms with E-state index >= 15 is 0 Å². The van der Waals surface area contributed by atoms with E-state index in [1.165, 1.54) is 6.42 Å². The summed E-state index contributed by atoms with van der Waals surface area (Å²) in [5.41, 5.74) is 1.23. The van der Waals surface area contributed by atoms with Gasteiger partial charge in [-0.1, -0.05) is 25.5 Å². The molecule has 0 saturated heterocycles. The Balaban J connectivity index is 1.89. The molecular formula is C18H25NO3. The van der Waals surface area contributed by atoms with Gasteiger partial charge in [0.05, 0.1) is 5.56 Å². The first-order chi connectivity index (χ1) is 10.5. The van der Waals surface area contributed by atoms with E-state index in [0.717, 1.165) is 37.2 Å². The molecule has 2 rings (SSSR count). The van der Waals surface area contributed by atoms with Crippen molar-refractivity contribution in [3.63, 3.8) is 0 Å². The van der Waals surface area contributed by atoms with Crippen LogP contribution in [-0.2, 0) is 11.3 Å². The van der Waals surface area contributed by atoms with Gasteiger partial charge in [-0.3, -0.25) is 4.79 Å². The van der Waals surface area contributed by atoms with Gasteiger partial charge < -0.3 is 10.0 Å². The summed E-state index contributed by atoms with van der Waals surface area (Å²) in [5.74, 6) is 0.240. The van der Waals surface area contributed by atoms with Gasteiger partial charge in [-0.2, -0.15) is 0 Å². The second-order valence-electron chi connectivity index (χ2n) is 6.32. The highest BCUT2D eigenvalue weighted by Crippen LogP contribution is 2.31. The van der Waals surface area contributed by atoms with Crippen molar-refractivity contribution in [3.05, 3.63) is 35.4 Å². The smallest absolute Gasteiger partial charge is 0.335 e. The molecule has 1 fully saturated rings. The zero-order valence-electron chi connectivity index (χ0n) is 13.4. The average Bonchev–Trinajstić information content (AvgIpc) is 2.54. The lowest BCUT2D eigenvalue weighted by Gasteiger charge is -2.30. The van der Waals surface area contributed by atoms with Gasteiger partial charge in [0, 0.05) is 19.5 Å². The van der Waals surface area contributed by atoms with E-state index in [2.05, 4.69) is 6.92 Å². The third-order valence-electron chi connectivity index (χ3n) is 4.77. The van der Waals surface area contributed by atoms with Crippen LogP contribution in [0.4, 0.5) is 0 Å². The predicted octanol–water partition coefficient (Wildman–Crippen LogP) is 3.56. The Morgan fingerprint density at radius 3 is 2.23 bits per heavy atom. The van der Waals surface area contributed by atoms with Gasteiger partial charge in [0.15, 0.2) is 0 Å². The lowest BCUT2D eigenvalue weighted by molar-refractivity contribution is -0.136. The molecule has 4 heteroatoms. The molecular weight excluding hydrogens is 278 g/mol. The summed E-state index contributed by atoms with van der Waals surface area (Å²) in [6.45, 7) is 2.76. The van der Waals surface area contributed by atoms with Crippen LogP contribution in [0.3, 0.4) is 0 Å². The number of hydrogen-bond acceptors (Lipinski definition) is 2. The molecule has 0 atom stereocenters. The Kier molecular flexibility index (Phi) is 5.58. The number of hydrogen-bond donors (Lipinski definition) is 1. The van der Waals surface area contributed by atoms with Crippen LogP contribution in [0.15, 0.2) is 24.3 Å². The maximum atomic E-state index is 12.5. The fourth-order valence-electron chi connectivity index (χ4n) is 3.23. The molecule has 0 heterocycles. The summed E-state index contributed by atoms with van der Waals surface area (Å²) >= 11 is 0. The van der Waals surface area contributed by atoms with Crippen molar-refractivity contribution < 1.29 is 14.7 Å². The summed E-state index contributed by atoms with van der Waals surface area (Å²) in [6.07, 6.45) is 5.54. The molecule has 120 valence electrons. The molecule has 1 amide bonds. The minimum absolute atomic E-state index is 0.158. The molecule has 0 aliphatic heterocycles. The number of amides is 1. The summed E-state index contributed by atoms with van der Waals surface area (Å²) < 4.78 is 0. The summed E-state index contributed by atoms with van der Waals surface area (Å²) in [5, 5.41) is 8.89. The number of rotatable bonds is 5. The van der Waals surface area contributed by atoms with E-state index < -0.39 is 5.97 Å². The van der Waals surface area contributed by atoms with Crippen molar-refractivity contribution in [2.45, 2.75) is 45.6 Å². The summed E-state index contributed by atoms with van der Waals surface area (Å²) in [7, 11) is 1.83. The third-order valence-corrected chi connectivity index (χ3v) is 4.77. The topological polar surface area (TPSA) is 57.6 Å². The fraction of sp³-hybridized carbons (Fsp3) is 0.556. The zero-order valence-corrected chi connectivity index (χ0v) is 13.4. The Hall–Kier alpha value is -1.84. The maximum absolute atomic E-state index is 12.5. The van der Waals surface area contributed by atoms with Gasteiger partial charge in [-0.05, 0) is 49.3 Å². The molecule has 0 unspecified atom stereocenters. The number of carbonyl (C=O) groups excluding carboxylic acids is 1. The van der Waals surface area contributed by atoms with E-state index in [0.29, 0.717) is 6.54 Å². The minimum Gasteiger partial charge on any atom is -0.478 e. The Labute approximate surface area is 132 Å². The molecule has 0 spiro atoms. The first kappa shape index (κ1) is 16.5. The quantitative estimate of drug-likeness (QED) is 0.905. The molecule has 1 N–H and O–H groups in total. The van der Waals surface area contributed by atoms with E-state index in [-0.39, 0.29) is 17.4 Å². The molecule has 22 heavy (non-hydrogen) atoms. The first-order valence-electron chi connectivity index (χ1n) is 8.08. The average molecular weight is 303 g/mol. The molecule has 4 nitrogen and oxygen atoms in total. The van der Waals surface area contributed by atoms with E-state index in [9.17, 15) is 9.59 Å². The second-order valence-corrected chi connectivity index (χ2v) is 6.32. The van der Waals surface area contributed by atoms with Crippen molar-refractivity contribution in [3.8, 4) is 0 Å². The maximum Gasteiger partial charge on any atom is 0.335 e. The van der Waals surface area contributed by atoms with Crippen molar-refractivity contribution in [1.82, 2.24) is 4.90 Å². The molecule has 1 saturated carbocycles. The van der Waals surface area contributed by atoms with E-state index in [4.69, 9.17) is 5.11 Å². The van der Waals surface area contributed by atoms with Gasteiger partial charge in [0.25, 0.3) is 0 Å². The SMILES string of the molecule is CCC1CCC(C(=O)N(C)Cc2ccc(C(=O)O)cc2)CC1. The second kappa shape index (κ2) is 7.43. The van der Waals surface area contributed by atoms with Gasteiger partial charge in [-0.15, -0.1) is 0 Å². The van der Waals surface area contributed by atoms with Crippen LogP contribution in [0.25, 0.3) is 0 Å². The number of carboxylic acid groups (broad SMARTS) is 1. The number of carbonyl (C=O) groups is 2.